The summed E-state index contributed by atoms with van der Waals surface area (Å²) in [4.78, 5) is 22.7. The largest absolute Gasteiger partial charge is 0.480 e. The number of rotatable bonds is 6. The van der Waals surface area contributed by atoms with E-state index in [9.17, 15) is 14.0 Å². The van der Waals surface area contributed by atoms with Gasteiger partial charge < -0.3 is 16.2 Å². The lowest BCUT2D eigenvalue weighted by molar-refractivity contribution is -0.139. The lowest BCUT2D eigenvalue weighted by Crippen LogP contribution is -2.47. The van der Waals surface area contributed by atoms with Crippen molar-refractivity contribution in [1.29, 1.82) is 0 Å². The average Bonchev–Trinajstić information content (AvgIpc) is 2.40. The van der Waals surface area contributed by atoms with E-state index in [-0.39, 0.29) is 11.7 Å². The highest BCUT2D eigenvalue weighted by molar-refractivity contribution is 8.01. The third-order valence-corrected chi connectivity index (χ3v) is 4.45. The topological polar surface area (TPSA) is 92.4 Å². The molecule has 0 heterocycles. The average molecular weight is 314 g/mol. The molecule has 1 atom stereocenters. The van der Waals surface area contributed by atoms with Crippen LogP contribution in [0.15, 0.2) is 18.2 Å². The summed E-state index contributed by atoms with van der Waals surface area (Å²) in [6.07, 6.45) is 0. The van der Waals surface area contributed by atoms with Gasteiger partial charge in [0.05, 0.1) is 5.75 Å². The second-order valence-electron chi connectivity index (χ2n) is 5.22. The van der Waals surface area contributed by atoms with Crippen LogP contribution in [0.4, 0.5) is 10.1 Å². The van der Waals surface area contributed by atoms with Crippen molar-refractivity contribution >= 4 is 29.3 Å². The summed E-state index contributed by atoms with van der Waals surface area (Å²) in [5, 5.41) is 11.5. The van der Waals surface area contributed by atoms with E-state index >= 15 is 0 Å². The number of thioether (sulfide) groups is 1. The lowest BCUT2D eigenvalue weighted by Gasteiger charge is -2.27. The molecule has 1 amide bonds. The van der Waals surface area contributed by atoms with E-state index in [1.807, 2.05) is 0 Å². The minimum absolute atomic E-state index is 0.0312. The number of carbonyl (C=O) groups excluding carboxylic acids is 1. The van der Waals surface area contributed by atoms with Crippen LogP contribution in [-0.2, 0) is 9.59 Å². The fourth-order valence-electron chi connectivity index (χ4n) is 1.51. The molecule has 0 unspecified atom stereocenters. The summed E-state index contributed by atoms with van der Waals surface area (Å²) in [5.74, 6) is -1.82. The summed E-state index contributed by atoms with van der Waals surface area (Å²) in [5.41, 5.74) is 6.43. The SMILES string of the molecule is Cc1ccc(NC(=O)CSC(C)(C)[C@H](N)C(=O)O)cc1F. The van der Waals surface area contributed by atoms with Gasteiger partial charge in [-0.3, -0.25) is 9.59 Å². The number of halogens is 1. The Labute approximate surface area is 127 Å². The second-order valence-corrected chi connectivity index (χ2v) is 6.85. The number of benzene rings is 1. The van der Waals surface area contributed by atoms with E-state index in [1.165, 1.54) is 6.07 Å². The molecule has 4 N–H and O–H groups in total. The summed E-state index contributed by atoms with van der Waals surface area (Å²) < 4.78 is 12.6. The van der Waals surface area contributed by atoms with Gasteiger partial charge >= 0.3 is 5.97 Å². The van der Waals surface area contributed by atoms with Crippen LogP contribution in [-0.4, -0.2) is 33.5 Å². The highest BCUT2D eigenvalue weighted by Crippen LogP contribution is 2.27. The number of nitrogens with one attached hydrogen (secondary N) is 1. The maximum absolute atomic E-state index is 13.4. The molecule has 0 aliphatic rings. The third kappa shape index (κ3) is 5.02. The number of carboxylic acid groups (broad SMARTS) is 1. The van der Waals surface area contributed by atoms with Crippen LogP contribution in [0.1, 0.15) is 19.4 Å². The predicted molar refractivity (Wildman–Crippen MR) is 81.9 cm³/mol. The smallest absolute Gasteiger partial charge is 0.321 e. The zero-order valence-corrected chi connectivity index (χ0v) is 13.0. The van der Waals surface area contributed by atoms with Crippen LogP contribution >= 0.6 is 11.8 Å². The van der Waals surface area contributed by atoms with Crippen molar-refractivity contribution in [2.24, 2.45) is 5.73 Å². The molecule has 0 fully saturated rings. The molecule has 0 saturated heterocycles. The van der Waals surface area contributed by atoms with Gasteiger partial charge in [-0.1, -0.05) is 6.07 Å². The molecule has 116 valence electrons. The van der Waals surface area contributed by atoms with Crippen LogP contribution in [0.25, 0.3) is 0 Å². The van der Waals surface area contributed by atoms with Gasteiger partial charge in [0, 0.05) is 10.4 Å². The van der Waals surface area contributed by atoms with E-state index in [4.69, 9.17) is 10.8 Å². The summed E-state index contributed by atoms with van der Waals surface area (Å²) in [6, 6.07) is 3.34. The van der Waals surface area contributed by atoms with Gasteiger partial charge in [-0.05, 0) is 38.5 Å². The number of hydrogen-bond acceptors (Lipinski definition) is 4. The molecule has 0 radical (unpaired) electrons. The molecule has 0 aliphatic carbocycles. The first-order valence-electron chi connectivity index (χ1n) is 6.32. The van der Waals surface area contributed by atoms with E-state index < -0.39 is 22.6 Å². The fourth-order valence-corrected chi connectivity index (χ4v) is 2.36. The van der Waals surface area contributed by atoms with Crippen molar-refractivity contribution in [3.8, 4) is 0 Å². The zero-order valence-electron chi connectivity index (χ0n) is 12.1. The highest BCUT2D eigenvalue weighted by atomic mass is 32.2. The van der Waals surface area contributed by atoms with Gasteiger partial charge in [0.2, 0.25) is 5.91 Å². The van der Waals surface area contributed by atoms with E-state index in [2.05, 4.69) is 5.32 Å². The number of hydrogen-bond donors (Lipinski definition) is 3. The van der Waals surface area contributed by atoms with Gasteiger partial charge in [0.25, 0.3) is 0 Å². The predicted octanol–water partition coefficient (Wildman–Crippen LogP) is 2.00. The molecule has 21 heavy (non-hydrogen) atoms. The Hall–Kier alpha value is -1.60. The quantitative estimate of drug-likeness (QED) is 0.747. The van der Waals surface area contributed by atoms with E-state index in [0.29, 0.717) is 11.3 Å². The Bertz CT molecular complexity index is 549. The standard InChI is InChI=1S/C14H19FN2O3S/c1-8-4-5-9(6-10(8)15)17-11(18)7-21-14(2,3)12(16)13(19)20/h4-6,12H,7,16H2,1-3H3,(H,17,18)(H,19,20)/t12-/m1/s1. The van der Waals surface area contributed by atoms with Crippen molar-refractivity contribution < 1.29 is 19.1 Å². The van der Waals surface area contributed by atoms with Gasteiger partial charge in [0.15, 0.2) is 0 Å². The molecule has 1 aromatic rings. The first kappa shape index (κ1) is 17.5. The van der Waals surface area contributed by atoms with Gasteiger partial charge in [0.1, 0.15) is 11.9 Å². The molecule has 0 aliphatic heterocycles. The zero-order chi connectivity index (χ0) is 16.2. The maximum Gasteiger partial charge on any atom is 0.321 e. The van der Waals surface area contributed by atoms with Crippen molar-refractivity contribution in [3.63, 3.8) is 0 Å². The molecule has 0 aromatic heterocycles. The second kappa shape index (κ2) is 6.91. The first-order valence-corrected chi connectivity index (χ1v) is 7.30. The number of anilines is 1. The Morgan fingerprint density at radius 1 is 1.48 bits per heavy atom. The van der Waals surface area contributed by atoms with E-state index in [1.54, 1.807) is 32.9 Å². The number of carboxylic acids is 1. The van der Waals surface area contributed by atoms with Crippen LogP contribution in [0.2, 0.25) is 0 Å². The Morgan fingerprint density at radius 3 is 2.62 bits per heavy atom. The Morgan fingerprint density at radius 2 is 2.10 bits per heavy atom. The Kier molecular flexibility index (Phi) is 5.74. The molecule has 1 aromatic carbocycles. The molecular weight excluding hydrogens is 295 g/mol. The summed E-state index contributed by atoms with van der Waals surface area (Å²) in [7, 11) is 0. The van der Waals surface area contributed by atoms with Crippen LogP contribution in [0.3, 0.4) is 0 Å². The van der Waals surface area contributed by atoms with Crippen molar-refractivity contribution in [3.05, 3.63) is 29.6 Å². The number of aryl methyl sites for hydroxylation is 1. The maximum atomic E-state index is 13.4. The van der Waals surface area contributed by atoms with Gasteiger partial charge in [-0.25, -0.2) is 4.39 Å². The third-order valence-electron chi connectivity index (χ3n) is 3.05. The van der Waals surface area contributed by atoms with Gasteiger partial charge in [-0.2, -0.15) is 0 Å². The van der Waals surface area contributed by atoms with Crippen LogP contribution in [0.5, 0.6) is 0 Å². The minimum atomic E-state index is -1.12. The molecular formula is C14H19FN2O3S. The molecule has 5 nitrogen and oxygen atoms in total. The number of aliphatic carboxylic acids is 1. The molecule has 1 rings (SSSR count). The number of amides is 1. The molecule has 7 heteroatoms. The highest BCUT2D eigenvalue weighted by Gasteiger charge is 2.33. The first-order chi connectivity index (χ1) is 9.63. The number of carbonyl (C=O) groups is 2. The van der Waals surface area contributed by atoms with E-state index in [0.717, 1.165) is 11.8 Å². The van der Waals surface area contributed by atoms with Crippen LogP contribution in [0, 0.1) is 12.7 Å². The fraction of sp³-hybridized carbons (Fsp3) is 0.429. The van der Waals surface area contributed by atoms with Crippen LogP contribution < -0.4 is 11.1 Å². The molecule has 0 spiro atoms. The van der Waals surface area contributed by atoms with Crippen molar-refractivity contribution in [1.82, 2.24) is 0 Å². The van der Waals surface area contributed by atoms with Crippen molar-refractivity contribution in [2.75, 3.05) is 11.1 Å². The summed E-state index contributed by atoms with van der Waals surface area (Å²) in [6.45, 7) is 4.96. The Balaban J connectivity index is 2.58. The van der Waals surface area contributed by atoms with Gasteiger partial charge in [-0.15, -0.1) is 11.8 Å². The summed E-state index contributed by atoms with van der Waals surface area (Å²) >= 11 is 1.14. The normalized spacial score (nSPS) is 12.8. The van der Waals surface area contributed by atoms with Crippen molar-refractivity contribution in [2.45, 2.75) is 31.6 Å². The number of nitrogens with two attached hydrogens (primary N) is 1. The molecule has 0 bridgehead atoms. The monoisotopic (exact) mass is 314 g/mol. The minimum Gasteiger partial charge on any atom is -0.480 e. The lowest BCUT2D eigenvalue weighted by atomic mass is 10.1. The molecule has 0 saturated carbocycles.